The predicted molar refractivity (Wildman–Crippen MR) is 94.2 cm³/mol. The lowest BCUT2D eigenvalue weighted by Crippen LogP contribution is -2.30. The number of rotatable bonds is 4. The zero-order valence-corrected chi connectivity index (χ0v) is 13.9. The SMILES string of the molecule is O=C(NCCc1cccc(Cl)c1)Nc1ccc2c(c1)OCCCO2. The second kappa shape index (κ2) is 7.93. The Morgan fingerprint density at radius 3 is 2.75 bits per heavy atom. The van der Waals surface area contributed by atoms with Gasteiger partial charge in [-0.25, -0.2) is 4.79 Å². The summed E-state index contributed by atoms with van der Waals surface area (Å²) in [5, 5.41) is 6.32. The summed E-state index contributed by atoms with van der Waals surface area (Å²) in [6.07, 6.45) is 1.57. The fourth-order valence-electron chi connectivity index (χ4n) is 2.43. The van der Waals surface area contributed by atoms with Crippen LogP contribution in [0.2, 0.25) is 5.02 Å². The lowest BCUT2D eigenvalue weighted by atomic mass is 10.1. The molecule has 1 aliphatic heterocycles. The van der Waals surface area contributed by atoms with E-state index in [9.17, 15) is 4.79 Å². The second-order valence-electron chi connectivity index (χ2n) is 5.47. The number of halogens is 1. The zero-order chi connectivity index (χ0) is 16.8. The van der Waals surface area contributed by atoms with E-state index in [1.54, 1.807) is 12.1 Å². The Bertz CT molecular complexity index is 721. The minimum atomic E-state index is -0.258. The average Bonchev–Trinajstić information content (AvgIpc) is 2.80. The summed E-state index contributed by atoms with van der Waals surface area (Å²) in [5.74, 6) is 1.36. The van der Waals surface area contributed by atoms with E-state index >= 15 is 0 Å². The van der Waals surface area contributed by atoms with E-state index in [4.69, 9.17) is 21.1 Å². The van der Waals surface area contributed by atoms with Gasteiger partial charge in [0.25, 0.3) is 0 Å². The van der Waals surface area contributed by atoms with Gasteiger partial charge < -0.3 is 20.1 Å². The maximum Gasteiger partial charge on any atom is 0.319 e. The van der Waals surface area contributed by atoms with Gasteiger partial charge in [-0.1, -0.05) is 23.7 Å². The van der Waals surface area contributed by atoms with Crippen molar-refractivity contribution in [1.29, 1.82) is 0 Å². The number of urea groups is 1. The van der Waals surface area contributed by atoms with Crippen LogP contribution in [0.5, 0.6) is 11.5 Å². The van der Waals surface area contributed by atoms with Crippen LogP contribution in [-0.2, 0) is 6.42 Å². The van der Waals surface area contributed by atoms with Crippen molar-refractivity contribution in [3.8, 4) is 11.5 Å². The van der Waals surface area contributed by atoms with E-state index in [1.807, 2.05) is 30.3 Å². The van der Waals surface area contributed by atoms with Gasteiger partial charge in [0.1, 0.15) is 0 Å². The molecule has 2 amide bonds. The van der Waals surface area contributed by atoms with Crippen molar-refractivity contribution in [2.24, 2.45) is 0 Å². The summed E-state index contributed by atoms with van der Waals surface area (Å²) in [6.45, 7) is 1.78. The minimum absolute atomic E-state index is 0.258. The Kier molecular flexibility index (Phi) is 5.43. The second-order valence-corrected chi connectivity index (χ2v) is 5.91. The molecule has 2 N–H and O–H groups in total. The molecule has 0 spiro atoms. The monoisotopic (exact) mass is 346 g/mol. The van der Waals surface area contributed by atoms with Crippen LogP contribution in [0.25, 0.3) is 0 Å². The first-order chi connectivity index (χ1) is 11.7. The average molecular weight is 347 g/mol. The molecule has 0 radical (unpaired) electrons. The van der Waals surface area contributed by atoms with Gasteiger partial charge >= 0.3 is 6.03 Å². The Morgan fingerprint density at radius 2 is 1.92 bits per heavy atom. The van der Waals surface area contributed by atoms with E-state index in [1.165, 1.54) is 0 Å². The number of anilines is 1. The largest absolute Gasteiger partial charge is 0.490 e. The van der Waals surface area contributed by atoms with Gasteiger partial charge in [-0.2, -0.15) is 0 Å². The molecule has 0 saturated carbocycles. The highest BCUT2D eigenvalue weighted by atomic mass is 35.5. The minimum Gasteiger partial charge on any atom is -0.490 e. The molecule has 0 atom stereocenters. The van der Waals surface area contributed by atoms with E-state index in [0.717, 1.165) is 18.4 Å². The van der Waals surface area contributed by atoms with E-state index < -0.39 is 0 Å². The quantitative estimate of drug-likeness (QED) is 0.883. The van der Waals surface area contributed by atoms with Crippen LogP contribution in [0.15, 0.2) is 42.5 Å². The molecular weight excluding hydrogens is 328 g/mol. The summed E-state index contributed by atoms with van der Waals surface area (Å²) in [7, 11) is 0. The molecule has 2 aromatic carbocycles. The fourth-order valence-corrected chi connectivity index (χ4v) is 2.64. The lowest BCUT2D eigenvalue weighted by Gasteiger charge is -2.11. The standard InChI is InChI=1S/C18H19ClN2O3/c19-14-4-1-3-13(11-14)7-8-20-18(22)21-15-5-6-16-17(12-15)24-10-2-9-23-16/h1,3-6,11-12H,2,7-10H2,(H2,20,21,22). The summed E-state index contributed by atoms with van der Waals surface area (Å²) >= 11 is 5.94. The third-order valence-corrected chi connectivity index (χ3v) is 3.83. The molecule has 0 bridgehead atoms. The van der Waals surface area contributed by atoms with Gasteiger partial charge in [0, 0.05) is 29.7 Å². The van der Waals surface area contributed by atoms with Crippen LogP contribution >= 0.6 is 11.6 Å². The van der Waals surface area contributed by atoms with Crippen LogP contribution in [0, 0.1) is 0 Å². The molecule has 3 rings (SSSR count). The Balaban J connectivity index is 1.50. The van der Waals surface area contributed by atoms with Crippen LogP contribution in [0.1, 0.15) is 12.0 Å². The van der Waals surface area contributed by atoms with Crippen molar-refractivity contribution >= 4 is 23.3 Å². The van der Waals surface area contributed by atoms with Crippen molar-refractivity contribution in [3.63, 3.8) is 0 Å². The molecule has 6 heteroatoms. The molecule has 5 nitrogen and oxygen atoms in total. The Morgan fingerprint density at radius 1 is 1.08 bits per heavy atom. The summed E-state index contributed by atoms with van der Waals surface area (Å²) < 4.78 is 11.2. The molecule has 0 saturated heterocycles. The molecule has 0 unspecified atom stereocenters. The number of benzene rings is 2. The third-order valence-electron chi connectivity index (χ3n) is 3.59. The van der Waals surface area contributed by atoms with E-state index in [0.29, 0.717) is 42.0 Å². The van der Waals surface area contributed by atoms with Crippen LogP contribution in [0.4, 0.5) is 10.5 Å². The molecule has 1 aliphatic rings. The maximum atomic E-state index is 12.0. The van der Waals surface area contributed by atoms with E-state index in [-0.39, 0.29) is 6.03 Å². The number of carbonyl (C=O) groups is 1. The first-order valence-corrected chi connectivity index (χ1v) is 8.27. The Hall–Kier alpha value is -2.40. The molecule has 24 heavy (non-hydrogen) atoms. The normalized spacial score (nSPS) is 13.0. The highest BCUT2D eigenvalue weighted by Gasteiger charge is 2.11. The maximum absolute atomic E-state index is 12.0. The number of hydrogen-bond donors (Lipinski definition) is 2. The van der Waals surface area contributed by atoms with Crippen molar-refractivity contribution in [2.75, 3.05) is 25.1 Å². The highest BCUT2D eigenvalue weighted by Crippen LogP contribution is 2.32. The number of fused-ring (bicyclic) bond motifs is 1. The fraction of sp³-hybridized carbons (Fsp3) is 0.278. The smallest absolute Gasteiger partial charge is 0.319 e. The van der Waals surface area contributed by atoms with Gasteiger partial charge in [0.2, 0.25) is 0 Å². The summed E-state index contributed by atoms with van der Waals surface area (Å²) in [4.78, 5) is 12.0. The topological polar surface area (TPSA) is 59.6 Å². The van der Waals surface area contributed by atoms with Gasteiger partial charge in [-0.05, 0) is 36.2 Å². The molecule has 1 heterocycles. The molecule has 2 aromatic rings. The van der Waals surface area contributed by atoms with Crippen molar-refractivity contribution in [3.05, 3.63) is 53.1 Å². The number of ether oxygens (including phenoxy) is 2. The van der Waals surface area contributed by atoms with Gasteiger partial charge in [-0.3, -0.25) is 0 Å². The summed E-state index contributed by atoms with van der Waals surface area (Å²) in [5.41, 5.74) is 1.75. The molecular formula is C18H19ClN2O3. The van der Waals surface area contributed by atoms with Crippen LogP contribution in [-0.4, -0.2) is 25.8 Å². The molecule has 126 valence electrons. The number of amides is 2. The molecule has 0 aromatic heterocycles. The molecule has 0 fully saturated rings. The van der Waals surface area contributed by atoms with E-state index in [2.05, 4.69) is 10.6 Å². The molecule has 0 aliphatic carbocycles. The van der Waals surface area contributed by atoms with Gasteiger partial charge in [0.15, 0.2) is 11.5 Å². The zero-order valence-electron chi connectivity index (χ0n) is 13.2. The van der Waals surface area contributed by atoms with Crippen LogP contribution in [0.3, 0.4) is 0 Å². The number of nitrogens with one attached hydrogen (secondary N) is 2. The van der Waals surface area contributed by atoms with Gasteiger partial charge in [0.05, 0.1) is 13.2 Å². The van der Waals surface area contributed by atoms with Crippen molar-refractivity contribution in [1.82, 2.24) is 5.32 Å². The lowest BCUT2D eigenvalue weighted by molar-refractivity contribution is 0.252. The number of hydrogen-bond acceptors (Lipinski definition) is 3. The highest BCUT2D eigenvalue weighted by molar-refractivity contribution is 6.30. The van der Waals surface area contributed by atoms with Gasteiger partial charge in [-0.15, -0.1) is 0 Å². The van der Waals surface area contributed by atoms with Crippen molar-refractivity contribution in [2.45, 2.75) is 12.8 Å². The van der Waals surface area contributed by atoms with Crippen molar-refractivity contribution < 1.29 is 14.3 Å². The predicted octanol–water partition coefficient (Wildman–Crippen LogP) is 3.87. The van der Waals surface area contributed by atoms with Crippen LogP contribution < -0.4 is 20.1 Å². The summed E-state index contributed by atoms with van der Waals surface area (Å²) in [6, 6.07) is 12.7. The number of carbonyl (C=O) groups excluding carboxylic acids is 1. The first-order valence-electron chi connectivity index (χ1n) is 7.90. The third kappa shape index (κ3) is 4.55. The Labute approximate surface area is 145 Å². The first kappa shape index (κ1) is 16.5.